The molecule has 7 rings (SSSR count). The molecule has 376 valence electrons. The Morgan fingerprint density at radius 3 is 1.81 bits per heavy atom. The van der Waals surface area contributed by atoms with Crippen molar-refractivity contribution in [3.05, 3.63) is 70.4 Å². The first-order valence-corrected chi connectivity index (χ1v) is 20.9. The molecule has 3 aromatic carbocycles. The summed E-state index contributed by atoms with van der Waals surface area (Å²) in [6.07, 6.45) is -27.1. The lowest BCUT2D eigenvalue weighted by atomic mass is 9.96. The lowest BCUT2D eigenvalue weighted by molar-refractivity contribution is -0.379. The van der Waals surface area contributed by atoms with Gasteiger partial charge in [-0.2, -0.15) is 0 Å². The third-order valence-corrected chi connectivity index (χ3v) is 11.5. The van der Waals surface area contributed by atoms with Crippen molar-refractivity contribution in [2.75, 3.05) is 34.0 Å². The molecule has 1 aromatic heterocycles. The van der Waals surface area contributed by atoms with Gasteiger partial charge in [0, 0.05) is 23.8 Å². The van der Waals surface area contributed by atoms with Crippen LogP contribution in [0.15, 0.2) is 63.8 Å². The Kier molecular flexibility index (Phi) is 15.8. The molecule has 25 heteroatoms. The topological polar surface area (TPSA) is 393 Å². The number of esters is 1. The molecule has 3 saturated heterocycles. The molecule has 15 unspecified atom stereocenters. The van der Waals surface area contributed by atoms with Gasteiger partial charge in [-0.1, -0.05) is 0 Å². The van der Waals surface area contributed by atoms with Crippen LogP contribution in [-0.2, 0) is 33.2 Å². The van der Waals surface area contributed by atoms with Crippen LogP contribution in [0.2, 0.25) is 0 Å². The molecule has 15 atom stereocenters. The monoisotopic (exact) mass is 978 g/mol. The zero-order valence-corrected chi connectivity index (χ0v) is 36.3. The van der Waals surface area contributed by atoms with E-state index in [1.165, 1.54) is 56.7 Å². The summed E-state index contributed by atoms with van der Waals surface area (Å²) in [6.45, 7) is -2.70. The molecular formula is C44H50O25. The summed E-state index contributed by atoms with van der Waals surface area (Å²) in [5, 5.41) is 138. The summed E-state index contributed by atoms with van der Waals surface area (Å²) in [6, 6.07) is 9.66. The molecule has 25 nitrogen and oxygen atoms in total. The lowest BCUT2D eigenvalue weighted by Crippen LogP contribution is -2.67. The van der Waals surface area contributed by atoms with Crippen LogP contribution in [0.1, 0.15) is 5.56 Å². The molecule has 69 heavy (non-hydrogen) atoms. The number of hydrogen-bond donors (Lipinski definition) is 13. The van der Waals surface area contributed by atoms with Gasteiger partial charge in [0.15, 0.2) is 35.9 Å². The summed E-state index contributed by atoms with van der Waals surface area (Å²) in [4.78, 5) is 27.3. The number of aliphatic hydroxyl groups excluding tert-OH is 9. The van der Waals surface area contributed by atoms with E-state index >= 15 is 0 Å². The Labute approximate surface area is 388 Å². The van der Waals surface area contributed by atoms with E-state index in [9.17, 15) is 76.0 Å². The molecule has 3 aliphatic rings. The smallest absolute Gasteiger partial charge is 0.330 e. The molecule has 0 aliphatic carbocycles. The number of ether oxygens (including phenoxy) is 9. The van der Waals surface area contributed by atoms with Gasteiger partial charge in [-0.25, -0.2) is 4.79 Å². The van der Waals surface area contributed by atoms with Gasteiger partial charge in [0.1, 0.15) is 102 Å². The van der Waals surface area contributed by atoms with Gasteiger partial charge in [-0.3, -0.25) is 4.79 Å². The molecule has 13 N–H and O–H groups in total. The third kappa shape index (κ3) is 10.5. The molecule has 0 radical (unpaired) electrons. The number of hydrogen-bond acceptors (Lipinski definition) is 25. The van der Waals surface area contributed by atoms with Crippen LogP contribution in [0.25, 0.3) is 28.4 Å². The fourth-order valence-electron chi connectivity index (χ4n) is 7.79. The molecule has 0 spiro atoms. The minimum Gasteiger partial charge on any atom is -0.508 e. The molecule has 0 bridgehead atoms. The largest absolute Gasteiger partial charge is 0.508 e. The van der Waals surface area contributed by atoms with Crippen LogP contribution in [0.5, 0.6) is 40.2 Å². The average Bonchev–Trinajstić information content (AvgIpc) is 3.33. The van der Waals surface area contributed by atoms with Crippen LogP contribution < -0.4 is 19.6 Å². The Balaban J connectivity index is 1.21. The standard InChI is InChI=1S/C44H50O25/c1-60-22-9-16(10-23(61-2)29(22)51)3-8-27(50)62-15-26-39(67-42-36(58)33(55)30(52)24(13-45)64-42)35(57)37(59)43(66-26)69-41-34(56)31(53)25(14-46)65-44(41)68-40-32(54)28-20(49)11-19(48)12-21(28)63-38(40)17-4-6-18(47)7-5-17/h3-12,24-26,30-31,33-37,39,41-49,51-53,55-59H,13-15H2,1-2H3. The van der Waals surface area contributed by atoms with Crippen molar-refractivity contribution >= 4 is 23.0 Å². The van der Waals surface area contributed by atoms with Crippen LogP contribution >= 0.6 is 0 Å². The van der Waals surface area contributed by atoms with Gasteiger partial charge in [0.05, 0.1) is 27.4 Å². The molecule has 0 amide bonds. The molecule has 3 fully saturated rings. The number of phenols is 4. The molecule has 4 aromatic rings. The highest BCUT2D eigenvalue weighted by Crippen LogP contribution is 2.40. The van der Waals surface area contributed by atoms with E-state index in [1.54, 1.807) is 0 Å². The van der Waals surface area contributed by atoms with Crippen LogP contribution in [0, 0.1) is 0 Å². The second kappa shape index (κ2) is 21.4. The summed E-state index contributed by atoms with van der Waals surface area (Å²) in [5.41, 5.74) is -1.04. The number of carbonyl (C=O) groups is 1. The van der Waals surface area contributed by atoms with Crippen molar-refractivity contribution < 1.29 is 118 Å². The van der Waals surface area contributed by atoms with E-state index in [-0.39, 0.29) is 34.1 Å². The maximum Gasteiger partial charge on any atom is 0.330 e. The number of benzene rings is 3. The molecule has 4 heterocycles. The van der Waals surface area contributed by atoms with E-state index < -0.39 is 152 Å². The van der Waals surface area contributed by atoms with Crippen LogP contribution in [-0.4, -0.2) is 199 Å². The summed E-state index contributed by atoms with van der Waals surface area (Å²) in [5.74, 6) is -3.93. The maximum atomic E-state index is 14.2. The summed E-state index contributed by atoms with van der Waals surface area (Å²) >= 11 is 0. The number of carbonyl (C=O) groups excluding carboxylic acids is 1. The second-order valence-corrected chi connectivity index (χ2v) is 16.0. The van der Waals surface area contributed by atoms with Gasteiger partial charge in [0.25, 0.3) is 0 Å². The number of phenolic OH excluding ortho intramolecular Hbond substituents is 4. The van der Waals surface area contributed by atoms with Crippen molar-refractivity contribution in [1.82, 2.24) is 0 Å². The first-order chi connectivity index (χ1) is 32.9. The van der Waals surface area contributed by atoms with Crippen molar-refractivity contribution in [2.24, 2.45) is 0 Å². The highest BCUT2D eigenvalue weighted by atomic mass is 16.8. The predicted octanol–water partition coefficient (Wildman–Crippen LogP) is -2.61. The lowest BCUT2D eigenvalue weighted by Gasteiger charge is -2.48. The van der Waals surface area contributed by atoms with E-state index in [0.29, 0.717) is 5.56 Å². The average molecular weight is 979 g/mol. The fourth-order valence-corrected chi connectivity index (χ4v) is 7.79. The van der Waals surface area contributed by atoms with Gasteiger partial charge in [-0.15, -0.1) is 0 Å². The van der Waals surface area contributed by atoms with E-state index in [4.69, 9.17) is 47.0 Å². The highest BCUT2D eigenvalue weighted by Gasteiger charge is 2.54. The van der Waals surface area contributed by atoms with Crippen molar-refractivity contribution in [1.29, 1.82) is 0 Å². The minimum atomic E-state index is -2.24. The van der Waals surface area contributed by atoms with Gasteiger partial charge in [-0.05, 0) is 48.0 Å². The highest BCUT2D eigenvalue weighted by molar-refractivity contribution is 5.88. The van der Waals surface area contributed by atoms with Crippen molar-refractivity contribution in [3.8, 4) is 51.6 Å². The van der Waals surface area contributed by atoms with Gasteiger partial charge >= 0.3 is 5.97 Å². The maximum absolute atomic E-state index is 14.2. The fraction of sp³-hybridized carbons (Fsp3) is 0.455. The Morgan fingerprint density at radius 2 is 1.20 bits per heavy atom. The normalized spacial score (nSPS) is 31.7. The number of aliphatic hydroxyl groups is 9. The number of aromatic hydroxyl groups is 4. The minimum absolute atomic E-state index is 0.00391. The Morgan fingerprint density at radius 1 is 0.652 bits per heavy atom. The number of rotatable bonds is 15. The molecule has 3 aliphatic heterocycles. The number of fused-ring (bicyclic) bond motifs is 1. The van der Waals surface area contributed by atoms with Gasteiger partial charge in [0.2, 0.25) is 23.2 Å². The van der Waals surface area contributed by atoms with Crippen LogP contribution in [0.3, 0.4) is 0 Å². The second-order valence-electron chi connectivity index (χ2n) is 16.0. The number of methoxy groups -OCH3 is 2. The van der Waals surface area contributed by atoms with E-state index in [2.05, 4.69) is 0 Å². The van der Waals surface area contributed by atoms with E-state index in [1.807, 2.05) is 0 Å². The SMILES string of the molecule is COc1cc(C=CC(=O)OCC2OC(OC3C(Oc4c(-c5ccc(O)cc5)oc5cc(O)cc(O)c5c4=O)OC(CO)C(O)C3O)C(O)C(O)C2OC2OC(CO)C(O)C(O)C2O)cc(OC)c1O. The molecular weight excluding hydrogens is 928 g/mol. The Bertz CT molecular complexity index is 2490. The summed E-state index contributed by atoms with van der Waals surface area (Å²) < 4.78 is 56.5. The zero-order valence-electron chi connectivity index (χ0n) is 36.3. The quantitative estimate of drug-likeness (QED) is 0.0429. The first-order valence-electron chi connectivity index (χ1n) is 20.9. The van der Waals surface area contributed by atoms with E-state index in [0.717, 1.165) is 18.2 Å². The Hall–Kier alpha value is -5.88. The van der Waals surface area contributed by atoms with Crippen LogP contribution in [0.4, 0.5) is 0 Å². The third-order valence-electron chi connectivity index (χ3n) is 11.5. The summed E-state index contributed by atoms with van der Waals surface area (Å²) in [7, 11) is 2.57. The van der Waals surface area contributed by atoms with Crippen molar-refractivity contribution in [2.45, 2.75) is 92.1 Å². The zero-order chi connectivity index (χ0) is 50.0. The molecule has 0 saturated carbocycles. The predicted molar refractivity (Wildman–Crippen MR) is 227 cm³/mol. The van der Waals surface area contributed by atoms with Crippen molar-refractivity contribution in [3.63, 3.8) is 0 Å². The van der Waals surface area contributed by atoms with Gasteiger partial charge < -0.3 is 113 Å². The first kappa shape index (κ1) is 51.0.